The smallest absolute Gasteiger partial charge is 0.249 e. The number of ether oxygens (including phenoxy) is 1. The topological polar surface area (TPSA) is 77.2 Å². The second-order valence-electron chi connectivity index (χ2n) is 4.98. The first-order chi connectivity index (χ1) is 9.74. The zero-order chi connectivity index (χ0) is 13.9. The maximum atomic E-state index is 11.6. The van der Waals surface area contributed by atoms with E-state index >= 15 is 0 Å². The van der Waals surface area contributed by atoms with Gasteiger partial charge in [0.05, 0.1) is 11.1 Å². The van der Waals surface area contributed by atoms with Crippen molar-refractivity contribution < 1.29 is 9.53 Å². The number of fused-ring (bicyclic) bond motifs is 1. The SMILES string of the molecule is NC(=O)c1cc(O[C@H]2CCCNC2)nc2ccccc12. The van der Waals surface area contributed by atoms with Crippen LogP contribution in [0.3, 0.4) is 0 Å². The van der Waals surface area contributed by atoms with Crippen LogP contribution in [0.25, 0.3) is 10.9 Å². The Morgan fingerprint density at radius 3 is 3.00 bits per heavy atom. The number of carbonyl (C=O) groups excluding carboxylic acids is 1. The van der Waals surface area contributed by atoms with Gasteiger partial charge >= 0.3 is 0 Å². The summed E-state index contributed by atoms with van der Waals surface area (Å²) in [5, 5.41) is 4.04. The molecule has 5 heteroatoms. The Morgan fingerprint density at radius 2 is 2.25 bits per heavy atom. The summed E-state index contributed by atoms with van der Waals surface area (Å²) < 4.78 is 5.87. The van der Waals surface area contributed by atoms with Crippen molar-refractivity contribution in [3.63, 3.8) is 0 Å². The highest BCUT2D eigenvalue weighted by Crippen LogP contribution is 2.23. The summed E-state index contributed by atoms with van der Waals surface area (Å²) in [7, 11) is 0. The van der Waals surface area contributed by atoms with Gasteiger partial charge in [0.1, 0.15) is 6.10 Å². The number of para-hydroxylation sites is 1. The minimum atomic E-state index is -0.463. The van der Waals surface area contributed by atoms with Gasteiger partial charge in [0, 0.05) is 18.0 Å². The summed E-state index contributed by atoms with van der Waals surface area (Å²) in [5.41, 5.74) is 6.63. The largest absolute Gasteiger partial charge is 0.473 e. The van der Waals surface area contributed by atoms with Gasteiger partial charge < -0.3 is 15.8 Å². The van der Waals surface area contributed by atoms with Gasteiger partial charge in [-0.1, -0.05) is 18.2 Å². The molecule has 1 aromatic carbocycles. The molecule has 0 bridgehead atoms. The molecule has 1 saturated heterocycles. The number of benzene rings is 1. The number of carbonyl (C=O) groups is 1. The van der Waals surface area contributed by atoms with Crippen molar-refractivity contribution in [2.45, 2.75) is 18.9 Å². The molecule has 1 amide bonds. The molecule has 1 aliphatic heterocycles. The molecule has 20 heavy (non-hydrogen) atoms. The highest BCUT2D eigenvalue weighted by molar-refractivity contribution is 6.05. The van der Waals surface area contributed by atoms with E-state index in [1.54, 1.807) is 6.07 Å². The van der Waals surface area contributed by atoms with E-state index in [4.69, 9.17) is 10.5 Å². The van der Waals surface area contributed by atoms with Gasteiger partial charge in [0.25, 0.3) is 0 Å². The number of rotatable bonds is 3. The van der Waals surface area contributed by atoms with Crippen LogP contribution in [-0.2, 0) is 0 Å². The summed E-state index contributed by atoms with van der Waals surface area (Å²) in [6, 6.07) is 9.08. The molecule has 2 aromatic rings. The molecule has 0 radical (unpaired) electrons. The number of amides is 1. The molecule has 1 aromatic heterocycles. The number of aromatic nitrogens is 1. The van der Waals surface area contributed by atoms with E-state index in [9.17, 15) is 4.79 Å². The van der Waals surface area contributed by atoms with Crippen LogP contribution >= 0.6 is 0 Å². The minimum absolute atomic E-state index is 0.0955. The third-order valence-electron chi connectivity index (χ3n) is 3.50. The number of pyridine rings is 1. The van der Waals surface area contributed by atoms with Crippen molar-refractivity contribution in [3.05, 3.63) is 35.9 Å². The Kier molecular flexibility index (Phi) is 3.52. The maximum Gasteiger partial charge on any atom is 0.249 e. The van der Waals surface area contributed by atoms with Crippen LogP contribution in [0.15, 0.2) is 30.3 Å². The molecule has 1 aliphatic rings. The molecule has 104 valence electrons. The first kappa shape index (κ1) is 12.9. The quantitative estimate of drug-likeness (QED) is 0.886. The molecule has 5 nitrogen and oxygen atoms in total. The van der Waals surface area contributed by atoms with Crippen LogP contribution in [-0.4, -0.2) is 30.1 Å². The standard InChI is InChI=1S/C15H17N3O2/c16-15(19)12-8-14(20-10-4-3-7-17-9-10)18-13-6-2-1-5-11(12)13/h1-2,5-6,8,10,17H,3-4,7,9H2,(H2,16,19)/t10-/m0/s1. The number of nitrogens with one attached hydrogen (secondary N) is 1. The Labute approximate surface area is 117 Å². The number of piperidine rings is 1. The third kappa shape index (κ3) is 2.58. The highest BCUT2D eigenvalue weighted by Gasteiger charge is 2.17. The predicted molar refractivity (Wildman–Crippen MR) is 76.8 cm³/mol. The van der Waals surface area contributed by atoms with Crippen molar-refractivity contribution in [1.29, 1.82) is 0 Å². The second kappa shape index (κ2) is 5.46. The zero-order valence-corrected chi connectivity index (χ0v) is 11.1. The molecule has 2 heterocycles. The zero-order valence-electron chi connectivity index (χ0n) is 11.1. The van der Waals surface area contributed by atoms with Crippen molar-refractivity contribution in [3.8, 4) is 5.88 Å². The normalized spacial score (nSPS) is 18.9. The number of primary amides is 1. The lowest BCUT2D eigenvalue weighted by atomic mass is 10.1. The van der Waals surface area contributed by atoms with Crippen molar-refractivity contribution >= 4 is 16.8 Å². The lowest BCUT2D eigenvalue weighted by Crippen LogP contribution is -2.37. The lowest BCUT2D eigenvalue weighted by Gasteiger charge is -2.23. The highest BCUT2D eigenvalue weighted by atomic mass is 16.5. The summed E-state index contributed by atoms with van der Waals surface area (Å²) >= 11 is 0. The maximum absolute atomic E-state index is 11.6. The van der Waals surface area contributed by atoms with E-state index in [-0.39, 0.29) is 6.10 Å². The van der Waals surface area contributed by atoms with Gasteiger partial charge in [-0.05, 0) is 25.5 Å². The summed E-state index contributed by atoms with van der Waals surface area (Å²) in [6.07, 6.45) is 2.17. The Hall–Kier alpha value is -2.14. The average Bonchev–Trinajstić information content (AvgIpc) is 2.47. The molecule has 0 saturated carbocycles. The number of nitrogens with zero attached hydrogens (tertiary/aromatic N) is 1. The van der Waals surface area contributed by atoms with Gasteiger partial charge in [-0.2, -0.15) is 0 Å². The molecule has 1 atom stereocenters. The van der Waals surface area contributed by atoms with Crippen molar-refractivity contribution in [2.75, 3.05) is 13.1 Å². The molecular formula is C15H17N3O2. The van der Waals surface area contributed by atoms with E-state index in [2.05, 4.69) is 10.3 Å². The first-order valence-electron chi connectivity index (χ1n) is 6.81. The van der Waals surface area contributed by atoms with Crippen molar-refractivity contribution in [1.82, 2.24) is 10.3 Å². The van der Waals surface area contributed by atoms with Gasteiger partial charge in [-0.3, -0.25) is 4.79 Å². The van der Waals surface area contributed by atoms with Crippen LogP contribution in [0.5, 0.6) is 5.88 Å². The average molecular weight is 271 g/mol. The third-order valence-corrected chi connectivity index (χ3v) is 3.50. The van der Waals surface area contributed by atoms with Crippen molar-refractivity contribution in [2.24, 2.45) is 5.73 Å². The molecule has 0 spiro atoms. The number of hydrogen-bond acceptors (Lipinski definition) is 4. The molecule has 0 unspecified atom stereocenters. The monoisotopic (exact) mass is 271 g/mol. The summed E-state index contributed by atoms with van der Waals surface area (Å²) in [4.78, 5) is 16.0. The van der Waals surface area contributed by atoms with Gasteiger partial charge in [0.2, 0.25) is 11.8 Å². The van der Waals surface area contributed by atoms with E-state index in [0.29, 0.717) is 11.4 Å². The van der Waals surface area contributed by atoms with Crippen LogP contribution in [0, 0.1) is 0 Å². The van der Waals surface area contributed by atoms with Crippen LogP contribution in [0.1, 0.15) is 23.2 Å². The fraction of sp³-hybridized carbons (Fsp3) is 0.333. The van der Waals surface area contributed by atoms with E-state index in [0.717, 1.165) is 36.8 Å². The molecule has 0 aliphatic carbocycles. The number of nitrogens with two attached hydrogens (primary N) is 1. The second-order valence-corrected chi connectivity index (χ2v) is 4.98. The van der Waals surface area contributed by atoms with E-state index in [1.165, 1.54) is 0 Å². The fourth-order valence-corrected chi connectivity index (χ4v) is 2.51. The minimum Gasteiger partial charge on any atom is -0.473 e. The Balaban J connectivity index is 1.96. The molecule has 3 rings (SSSR count). The fourth-order valence-electron chi connectivity index (χ4n) is 2.51. The number of hydrogen-bond donors (Lipinski definition) is 2. The summed E-state index contributed by atoms with van der Waals surface area (Å²) in [5.74, 6) is 0.00131. The van der Waals surface area contributed by atoms with Gasteiger partial charge in [-0.15, -0.1) is 0 Å². The van der Waals surface area contributed by atoms with Crippen LogP contribution in [0.2, 0.25) is 0 Å². The predicted octanol–water partition coefficient (Wildman–Crippen LogP) is 1.46. The molecular weight excluding hydrogens is 254 g/mol. The lowest BCUT2D eigenvalue weighted by molar-refractivity contribution is 0.100. The Morgan fingerprint density at radius 1 is 1.40 bits per heavy atom. The van der Waals surface area contributed by atoms with Crippen LogP contribution in [0.4, 0.5) is 0 Å². The van der Waals surface area contributed by atoms with E-state index in [1.807, 2.05) is 24.3 Å². The van der Waals surface area contributed by atoms with Gasteiger partial charge in [-0.25, -0.2) is 4.98 Å². The summed E-state index contributed by atoms with van der Waals surface area (Å²) in [6.45, 7) is 1.83. The molecule has 1 fully saturated rings. The Bertz CT molecular complexity index is 636. The first-order valence-corrected chi connectivity index (χ1v) is 6.81. The van der Waals surface area contributed by atoms with Gasteiger partial charge in [0.15, 0.2) is 0 Å². The van der Waals surface area contributed by atoms with Crippen LogP contribution < -0.4 is 15.8 Å². The van der Waals surface area contributed by atoms with E-state index < -0.39 is 5.91 Å². The molecule has 3 N–H and O–H groups in total.